The van der Waals surface area contributed by atoms with Gasteiger partial charge in [0.25, 0.3) is 5.91 Å². The third-order valence-corrected chi connectivity index (χ3v) is 2.99. The molecule has 0 fully saturated rings. The summed E-state index contributed by atoms with van der Waals surface area (Å²) in [5, 5.41) is 5.33. The number of methoxy groups -OCH3 is 1. The lowest BCUT2D eigenvalue weighted by molar-refractivity contribution is 0.102. The molecule has 0 aliphatic heterocycles. The number of rotatable bonds is 4. The number of hydrogen-bond acceptors (Lipinski definition) is 4. The molecule has 0 spiro atoms. The van der Waals surface area contributed by atoms with Crippen LogP contribution in [0.4, 0.5) is 10.5 Å². The number of benzene rings is 1. The molecule has 0 saturated carbocycles. The molecule has 2 amide bonds. The van der Waals surface area contributed by atoms with Crippen LogP contribution < -0.4 is 10.6 Å². The summed E-state index contributed by atoms with van der Waals surface area (Å²) in [6.45, 7) is 2.17. The summed E-state index contributed by atoms with van der Waals surface area (Å²) >= 11 is 0. The van der Waals surface area contributed by atoms with Gasteiger partial charge in [-0.2, -0.15) is 0 Å². The summed E-state index contributed by atoms with van der Waals surface area (Å²) in [6.07, 6.45) is 0.981. The number of pyridine rings is 1. The van der Waals surface area contributed by atoms with Gasteiger partial charge in [-0.1, -0.05) is 17.7 Å². The number of ether oxygens (including phenoxy) is 1. The minimum Gasteiger partial charge on any atom is -0.453 e. The summed E-state index contributed by atoms with van der Waals surface area (Å²) in [5.41, 5.74) is 2.89. The second kappa shape index (κ2) is 7.21. The fourth-order valence-corrected chi connectivity index (χ4v) is 1.79. The van der Waals surface area contributed by atoms with Crippen LogP contribution in [0.3, 0.4) is 0 Å². The van der Waals surface area contributed by atoms with Gasteiger partial charge in [0.2, 0.25) is 0 Å². The zero-order valence-electron chi connectivity index (χ0n) is 12.4. The molecule has 0 radical (unpaired) electrons. The van der Waals surface area contributed by atoms with Gasteiger partial charge in [0.15, 0.2) is 0 Å². The monoisotopic (exact) mass is 299 g/mol. The Morgan fingerprint density at radius 1 is 1.18 bits per heavy atom. The Morgan fingerprint density at radius 2 is 1.91 bits per heavy atom. The van der Waals surface area contributed by atoms with Crippen molar-refractivity contribution in [1.82, 2.24) is 10.3 Å². The summed E-state index contributed by atoms with van der Waals surface area (Å²) in [4.78, 5) is 27.3. The molecule has 0 aliphatic carbocycles. The lowest BCUT2D eigenvalue weighted by Crippen LogP contribution is -2.23. The number of hydrogen-bond donors (Lipinski definition) is 2. The number of carbonyl (C=O) groups excluding carboxylic acids is 2. The van der Waals surface area contributed by atoms with Crippen LogP contribution in [0.25, 0.3) is 0 Å². The maximum absolute atomic E-state index is 12.2. The van der Waals surface area contributed by atoms with Crippen molar-refractivity contribution in [3.05, 3.63) is 59.4 Å². The summed E-state index contributed by atoms with van der Waals surface area (Å²) in [5.74, 6) is -0.231. The van der Waals surface area contributed by atoms with E-state index in [2.05, 4.69) is 20.4 Å². The van der Waals surface area contributed by atoms with E-state index in [-0.39, 0.29) is 12.5 Å². The molecule has 1 aromatic carbocycles. The minimum absolute atomic E-state index is 0.193. The van der Waals surface area contributed by atoms with Gasteiger partial charge in [0.05, 0.1) is 19.3 Å². The van der Waals surface area contributed by atoms with E-state index in [4.69, 9.17) is 0 Å². The number of anilines is 1. The molecule has 2 N–H and O–H groups in total. The summed E-state index contributed by atoms with van der Waals surface area (Å²) in [7, 11) is 1.29. The van der Waals surface area contributed by atoms with Gasteiger partial charge in [-0.3, -0.25) is 9.78 Å². The second-order valence-corrected chi connectivity index (χ2v) is 4.70. The highest BCUT2D eigenvalue weighted by Gasteiger charge is 2.08. The van der Waals surface area contributed by atoms with E-state index in [1.807, 2.05) is 31.2 Å². The number of nitrogens with zero attached hydrogens (tertiary/aromatic N) is 1. The maximum Gasteiger partial charge on any atom is 0.407 e. The third-order valence-electron chi connectivity index (χ3n) is 2.99. The summed E-state index contributed by atoms with van der Waals surface area (Å²) < 4.78 is 4.48. The van der Waals surface area contributed by atoms with E-state index in [9.17, 15) is 9.59 Å². The van der Waals surface area contributed by atoms with E-state index < -0.39 is 6.09 Å². The quantitative estimate of drug-likeness (QED) is 0.909. The SMILES string of the molecule is COC(=O)NCc1cc(C(=O)Nc2ccc(C)cc2)ccn1. The number of alkyl carbamates (subject to hydrolysis) is 1. The van der Waals surface area contributed by atoms with Crippen molar-refractivity contribution in [2.45, 2.75) is 13.5 Å². The molecule has 1 aromatic heterocycles. The molecule has 0 atom stereocenters. The molecular formula is C16H17N3O3. The third kappa shape index (κ3) is 4.31. The predicted octanol–water partition coefficient (Wildman–Crippen LogP) is 2.50. The number of amides is 2. The Hall–Kier alpha value is -2.89. The van der Waals surface area contributed by atoms with Crippen LogP contribution in [0.5, 0.6) is 0 Å². The first-order chi connectivity index (χ1) is 10.6. The van der Waals surface area contributed by atoms with Crippen molar-refractivity contribution in [3.8, 4) is 0 Å². The van der Waals surface area contributed by atoms with Crippen molar-refractivity contribution in [1.29, 1.82) is 0 Å². The van der Waals surface area contributed by atoms with Crippen LogP contribution in [-0.4, -0.2) is 24.1 Å². The molecule has 22 heavy (non-hydrogen) atoms. The molecule has 0 saturated heterocycles. The van der Waals surface area contributed by atoms with Gasteiger partial charge < -0.3 is 15.4 Å². The zero-order valence-corrected chi connectivity index (χ0v) is 12.4. The van der Waals surface area contributed by atoms with Crippen molar-refractivity contribution >= 4 is 17.7 Å². The fourth-order valence-electron chi connectivity index (χ4n) is 1.79. The highest BCUT2D eigenvalue weighted by molar-refractivity contribution is 6.04. The Balaban J connectivity index is 2.03. The molecular weight excluding hydrogens is 282 g/mol. The number of nitrogens with one attached hydrogen (secondary N) is 2. The van der Waals surface area contributed by atoms with Gasteiger partial charge in [0, 0.05) is 17.4 Å². The van der Waals surface area contributed by atoms with Gasteiger partial charge in [-0.05, 0) is 31.2 Å². The Labute approximate surface area is 128 Å². The van der Waals surface area contributed by atoms with E-state index in [1.54, 1.807) is 12.1 Å². The number of aromatic nitrogens is 1. The minimum atomic E-state index is -0.545. The van der Waals surface area contributed by atoms with E-state index in [0.29, 0.717) is 11.3 Å². The smallest absolute Gasteiger partial charge is 0.407 e. The number of aryl methyl sites for hydroxylation is 1. The Morgan fingerprint density at radius 3 is 2.59 bits per heavy atom. The normalized spacial score (nSPS) is 9.91. The predicted molar refractivity (Wildman–Crippen MR) is 82.6 cm³/mol. The van der Waals surface area contributed by atoms with Gasteiger partial charge in [-0.15, -0.1) is 0 Å². The molecule has 1 heterocycles. The first kappa shape index (κ1) is 15.5. The molecule has 0 unspecified atom stereocenters. The van der Waals surface area contributed by atoms with E-state index in [0.717, 1.165) is 11.3 Å². The van der Waals surface area contributed by atoms with E-state index in [1.165, 1.54) is 13.3 Å². The lowest BCUT2D eigenvalue weighted by atomic mass is 10.2. The highest BCUT2D eigenvalue weighted by Crippen LogP contribution is 2.11. The van der Waals surface area contributed by atoms with Gasteiger partial charge >= 0.3 is 6.09 Å². The van der Waals surface area contributed by atoms with Crippen molar-refractivity contribution < 1.29 is 14.3 Å². The molecule has 114 valence electrons. The van der Waals surface area contributed by atoms with Crippen LogP contribution in [0, 0.1) is 6.92 Å². The second-order valence-electron chi connectivity index (χ2n) is 4.70. The molecule has 2 rings (SSSR count). The fraction of sp³-hybridized carbons (Fsp3) is 0.188. The molecule has 6 nitrogen and oxygen atoms in total. The van der Waals surface area contributed by atoms with Crippen LogP contribution in [-0.2, 0) is 11.3 Å². The molecule has 0 aliphatic rings. The number of carbonyl (C=O) groups is 2. The Kier molecular flexibility index (Phi) is 5.08. The zero-order chi connectivity index (χ0) is 15.9. The van der Waals surface area contributed by atoms with Crippen molar-refractivity contribution in [2.75, 3.05) is 12.4 Å². The van der Waals surface area contributed by atoms with Crippen LogP contribution in [0.2, 0.25) is 0 Å². The lowest BCUT2D eigenvalue weighted by Gasteiger charge is -2.07. The van der Waals surface area contributed by atoms with E-state index >= 15 is 0 Å². The molecule has 2 aromatic rings. The van der Waals surface area contributed by atoms with Crippen LogP contribution >= 0.6 is 0 Å². The van der Waals surface area contributed by atoms with Gasteiger partial charge in [0.1, 0.15) is 0 Å². The largest absolute Gasteiger partial charge is 0.453 e. The highest BCUT2D eigenvalue weighted by atomic mass is 16.5. The van der Waals surface area contributed by atoms with Gasteiger partial charge in [-0.25, -0.2) is 4.79 Å². The van der Waals surface area contributed by atoms with Crippen molar-refractivity contribution in [3.63, 3.8) is 0 Å². The first-order valence-corrected chi connectivity index (χ1v) is 6.73. The molecule has 0 bridgehead atoms. The maximum atomic E-state index is 12.2. The average Bonchev–Trinajstić information content (AvgIpc) is 2.55. The Bertz CT molecular complexity index is 669. The average molecular weight is 299 g/mol. The summed E-state index contributed by atoms with van der Waals surface area (Å²) in [6, 6.07) is 10.8. The van der Waals surface area contributed by atoms with Crippen LogP contribution in [0.15, 0.2) is 42.6 Å². The van der Waals surface area contributed by atoms with Crippen LogP contribution in [0.1, 0.15) is 21.6 Å². The molecule has 6 heteroatoms. The first-order valence-electron chi connectivity index (χ1n) is 6.73. The van der Waals surface area contributed by atoms with Crippen molar-refractivity contribution in [2.24, 2.45) is 0 Å². The topological polar surface area (TPSA) is 80.3 Å². The standard InChI is InChI=1S/C16H17N3O3/c1-11-3-5-13(6-4-11)19-15(20)12-7-8-17-14(9-12)10-18-16(21)22-2/h3-9H,10H2,1-2H3,(H,18,21)(H,19,20).